The molecule has 0 unspecified atom stereocenters. The Bertz CT molecular complexity index is 891. The van der Waals surface area contributed by atoms with Crippen molar-refractivity contribution in [3.8, 4) is 0 Å². The van der Waals surface area contributed by atoms with Crippen LogP contribution in [0.25, 0.3) is 11.0 Å². The summed E-state index contributed by atoms with van der Waals surface area (Å²) in [5.74, 6) is 0.836. The van der Waals surface area contributed by atoms with Crippen molar-refractivity contribution in [3.05, 3.63) is 64.9 Å². The number of nitrogens with zero attached hydrogens (tertiary/aromatic N) is 2. The number of carbonyl (C=O) groups is 1. The number of para-hydroxylation sites is 2. The first-order valence-corrected chi connectivity index (χ1v) is 9.15. The highest BCUT2D eigenvalue weighted by Gasteiger charge is 2.32. The van der Waals surface area contributed by atoms with Crippen molar-refractivity contribution in [2.75, 3.05) is 13.2 Å². The molecule has 1 saturated heterocycles. The average molecular weight is 370 g/mol. The van der Waals surface area contributed by atoms with E-state index in [1.165, 1.54) is 0 Å². The van der Waals surface area contributed by atoms with E-state index in [0.717, 1.165) is 41.8 Å². The maximum absolute atomic E-state index is 12.6. The normalized spacial score (nSPS) is 17.1. The van der Waals surface area contributed by atoms with Gasteiger partial charge in [0.1, 0.15) is 12.4 Å². The molecule has 1 aliphatic heterocycles. The molecule has 1 N–H and O–H groups in total. The standard InChI is InChI=1S/C20H20ClN3O2/c21-15-7-2-1-6-14(15)12-26-13-19(25)24-11-5-10-18(24)20-22-16-8-3-4-9-17(16)23-20/h1-4,6-9,18H,5,10-13H2,(H,22,23)/t18-/m0/s1. The van der Waals surface area contributed by atoms with Crippen LogP contribution in [0.5, 0.6) is 0 Å². The van der Waals surface area contributed by atoms with E-state index in [1.54, 1.807) is 0 Å². The number of imidazole rings is 1. The SMILES string of the molecule is O=C(COCc1ccccc1Cl)N1CCC[C@H]1c1nc2ccccc2[nH]1. The lowest BCUT2D eigenvalue weighted by atomic mass is 10.2. The summed E-state index contributed by atoms with van der Waals surface area (Å²) in [6.45, 7) is 1.10. The van der Waals surface area contributed by atoms with E-state index in [9.17, 15) is 4.79 Å². The molecule has 26 heavy (non-hydrogen) atoms. The fraction of sp³-hybridized carbons (Fsp3) is 0.300. The van der Waals surface area contributed by atoms with Gasteiger partial charge in [-0.15, -0.1) is 0 Å². The molecule has 1 aliphatic rings. The van der Waals surface area contributed by atoms with Crippen LogP contribution in [0, 0.1) is 0 Å². The van der Waals surface area contributed by atoms with Gasteiger partial charge in [0.25, 0.3) is 0 Å². The van der Waals surface area contributed by atoms with Crippen LogP contribution in [0.15, 0.2) is 48.5 Å². The Hall–Kier alpha value is -2.37. The first kappa shape index (κ1) is 17.1. The molecule has 1 amide bonds. The summed E-state index contributed by atoms with van der Waals surface area (Å²) in [5.41, 5.74) is 2.81. The summed E-state index contributed by atoms with van der Waals surface area (Å²) in [5, 5.41) is 0.654. The number of aromatic amines is 1. The minimum atomic E-state index is -0.0150. The summed E-state index contributed by atoms with van der Waals surface area (Å²) in [4.78, 5) is 22.5. The molecule has 1 aromatic heterocycles. The van der Waals surface area contributed by atoms with E-state index in [0.29, 0.717) is 11.6 Å². The van der Waals surface area contributed by atoms with Crippen molar-refractivity contribution in [1.82, 2.24) is 14.9 Å². The summed E-state index contributed by atoms with van der Waals surface area (Å²) in [6.07, 6.45) is 1.88. The van der Waals surface area contributed by atoms with Crippen LogP contribution in [0.2, 0.25) is 5.02 Å². The molecule has 6 heteroatoms. The molecule has 2 heterocycles. The number of halogens is 1. The third-order valence-electron chi connectivity index (χ3n) is 4.74. The maximum Gasteiger partial charge on any atom is 0.249 e. The van der Waals surface area contributed by atoms with E-state index >= 15 is 0 Å². The lowest BCUT2D eigenvalue weighted by molar-refractivity contribution is -0.137. The number of aromatic nitrogens is 2. The third kappa shape index (κ3) is 3.45. The molecule has 0 aliphatic carbocycles. The number of fused-ring (bicyclic) bond motifs is 1. The number of carbonyl (C=O) groups excluding carboxylic acids is 1. The summed E-state index contributed by atoms with van der Waals surface area (Å²) < 4.78 is 5.61. The van der Waals surface area contributed by atoms with E-state index < -0.39 is 0 Å². The van der Waals surface area contributed by atoms with Crippen LogP contribution < -0.4 is 0 Å². The fourth-order valence-corrected chi connectivity index (χ4v) is 3.62. The Morgan fingerprint density at radius 1 is 1.23 bits per heavy atom. The van der Waals surface area contributed by atoms with Crippen molar-refractivity contribution >= 4 is 28.5 Å². The predicted molar refractivity (Wildman–Crippen MR) is 101 cm³/mol. The van der Waals surface area contributed by atoms with E-state index in [4.69, 9.17) is 16.3 Å². The van der Waals surface area contributed by atoms with Gasteiger partial charge in [0.2, 0.25) is 5.91 Å². The molecule has 2 aromatic carbocycles. The monoisotopic (exact) mass is 369 g/mol. The average Bonchev–Trinajstić information content (AvgIpc) is 3.29. The highest BCUT2D eigenvalue weighted by Crippen LogP contribution is 2.31. The highest BCUT2D eigenvalue weighted by atomic mass is 35.5. The Morgan fingerprint density at radius 2 is 2.04 bits per heavy atom. The zero-order valence-electron chi connectivity index (χ0n) is 14.3. The summed E-state index contributed by atoms with van der Waals surface area (Å²) in [6, 6.07) is 15.4. The predicted octanol–water partition coefficient (Wildman–Crippen LogP) is 4.10. The third-order valence-corrected chi connectivity index (χ3v) is 5.11. The van der Waals surface area contributed by atoms with Gasteiger partial charge in [0, 0.05) is 11.6 Å². The van der Waals surface area contributed by atoms with E-state index in [2.05, 4.69) is 9.97 Å². The van der Waals surface area contributed by atoms with Crippen LogP contribution in [0.3, 0.4) is 0 Å². The molecule has 134 valence electrons. The van der Waals surface area contributed by atoms with Gasteiger partial charge in [-0.2, -0.15) is 0 Å². The van der Waals surface area contributed by atoms with Gasteiger partial charge in [-0.3, -0.25) is 4.79 Å². The number of H-pyrrole nitrogens is 1. The van der Waals surface area contributed by atoms with Crippen molar-refractivity contribution < 1.29 is 9.53 Å². The Labute approximate surface area is 156 Å². The van der Waals surface area contributed by atoms with Crippen molar-refractivity contribution in [2.24, 2.45) is 0 Å². The van der Waals surface area contributed by atoms with Gasteiger partial charge in [-0.05, 0) is 36.6 Å². The van der Waals surface area contributed by atoms with E-state index in [1.807, 2.05) is 53.4 Å². The molecule has 1 fully saturated rings. The Morgan fingerprint density at radius 3 is 2.88 bits per heavy atom. The van der Waals surface area contributed by atoms with Gasteiger partial charge in [0.15, 0.2) is 0 Å². The van der Waals surface area contributed by atoms with Gasteiger partial charge in [-0.1, -0.05) is 41.9 Å². The van der Waals surface area contributed by atoms with Crippen LogP contribution in [-0.2, 0) is 16.1 Å². The topological polar surface area (TPSA) is 58.2 Å². The number of hydrogen-bond acceptors (Lipinski definition) is 3. The number of hydrogen-bond donors (Lipinski definition) is 1. The van der Waals surface area contributed by atoms with Gasteiger partial charge >= 0.3 is 0 Å². The van der Waals surface area contributed by atoms with Crippen LogP contribution in [0.1, 0.15) is 30.3 Å². The number of nitrogens with one attached hydrogen (secondary N) is 1. The minimum absolute atomic E-state index is 0.0139. The number of likely N-dealkylation sites (tertiary alicyclic amines) is 1. The number of benzene rings is 2. The highest BCUT2D eigenvalue weighted by molar-refractivity contribution is 6.31. The number of rotatable bonds is 5. The maximum atomic E-state index is 12.6. The first-order valence-electron chi connectivity index (χ1n) is 8.77. The molecular formula is C20H20ClN3O2. The minimum Gasteiger partial charge on any atom is -0.367 e. The van der Waals surface area contributed by atoms with Crippen LogP contribution >= 0.6 is 11.6 Å². The molecule has 0 saturated carbocycles. The number of amides is 1. The lowest BCUT2D eigenvalue weighted by Crippen LogP contribution is -2.34. The van der Waals surface area contributed by atoms with Crippen LogP contribution in [-0.4, -0.2) is 33.9 Å². The van der Waals surface area contributed by atoms with Crippen molar-refractivity contribution in [3.63, 3.8) is 0 Å². The van der Waals surface area contributed by atoms with Crippen LogP contribution in [0.4, 0.5) is 0 Å². The Balaban J connectivity index is 1.41. The number of ether oxygens (including phenoxy) is 1. The molecule has 0 radical (unpaired) electrons. The largest absolute Gasteiger partial charge is 0.367 e. The second kappa shape index (κ2) is 7.48. The molecule has 3 aromatic rings. The zero-order valence-corrected chi connectivity index (χ0v) is 15.1. The van der Waals surface area contributed by atoms with Gasteiger partial charge in [0.05, 0.1) is 23.7 Å². The fourth-order valence-electron chi connectivity index (χ4n) is 3.43. The van der Waals surface area contributed by atoms with Gasteiger partial charge < -0.3 is 14.6 Å². The molecule has 1 atom stereocenters. The molecule has 0 spiro atoms. The molecule has 4 rings (SSSR count). The zero-order chi connectivity index (χ0) is 17.9. The summed E-state index contributed by atoms with van der Waals surface area (Å²) >= 11 is 6.12. The first-order chi connectivity index (χ1) is 12.7. The second-order valence-corrected chi connectivity index (χ2v) is 6.88. The molecule has 0 bridgehead atoms. The smallest absolute Gasteiger partial charge is 0.249 e. The second-order valence-electron chi connectivity index (χ2n) is 6.47. The molecular weight excluding hydrogens is 350 g/mol. The Kier molecular flexibility index (Phi) is 4.91. The quantitative estimate of drug-likeness (QED) is 0.736. The van der Waals surface area contributed by atoms with E-state index in [-0.39, 0.29) is 18.6 Å². The lowest BCUT2D eigenvalue weighted by Gasteiger charge is -2.23. The molecule has 5 nitrogen and oxygen atoms in total. The summed E-state index contributed by atoms with van der Waals surface area (Å²) in [7, 11) is 0. The van der Waals surface area contributed by atoms with Crippen molar-refractivity contribution in [2.45, 2.75) is 25.5 Å². The van der Waals surface area contributed by atoms with Gasteiger partial charge in [-0.25, -0.2) is 4.98 Å². The van der Waals surface area contributed by atoms with Crippen molar-refractivity contribution in [1.29, 1.82) is 0 Å².